The van der Waals surface area contributed by atoms with E-state index in [-0.39, 0.29) is 10.6 Å². The Labute approximate surface area is 118 Å². The first-order valence-corrected chi connectivity index (χ1v) is 7.98. The fraction of sp³-hybridized carbons (Fsp3) is 0.500. The summed E-state index contributed by atoms with van der Waals surface area (Å²) in [5.74, 6) is 0.355. The van der Waals surface area contributed by atoms with Crippen molar-refractivity contribution in [1.29, 1.82) is 0 Å². The van der Waals surface area contributed by atoms with Crippen molar-refractivity contribution in [1.82, 2.24) is 9.62 Å². The SMILES string of the molecule is CN1CCC(CNS(=O)(=O)c2ccc(Cl)cc2N)C1. The van der Waals surface area contributed by atoms with Gasteiger partial charge < -0.3 is 10.6 Å². The molecular weight excluding hydrogens is 286 g/mol. The highest BCUT2D eigenvalue weighted by atomic mass is 35.5. The van der Waals surface area contributed by atoms with E-state index < -0.39 is 10.0 Å². The van der Waals surface area contributed by atoms with Crippen molar-refractivity contribution in [2.75, 3.05) is 32.4 Å². The second-order valence-corrected chi connectivity index (χ2v) is 7.12. The number of sulfonamides is 1. The second-order valence-electron chi connectivity index (χ2n) is 4.95. The molecule has 1 aromatic carbocycles. The molecule has 1 atom stereocenters. The molecule has 0 amide bonds. The summed E-state index contributed by atoms with van der Waals surface area (Å²) in [7, 11) is -1.53. The molecule has 7 heteroatoms. The summed E-state index contributed by atoms with van der Waals surface area (Å²) >= 11 is 5.76. The van der Waals surface area contributed by atoms with Crippen molar-refractivity contribution in [3.05, 3.63) is 23.2 Å². The molecule has 0 aromatic heterocycles. The fourth-order valence-corrected chi connectivity index (χ4v) is 3.67. The molecule has 1 saturated heterocycles. The molecule has 0 spiro atoms. The minimum Gasteiger partial charge on any atom is -0.398 e. The summed E-state index contributed by atoms with van der Waals surface area (Å²) in [5.41, 5.74) is 5.87. The van der Waals surface area contributed by atoms with E-state index in [1.165, 1.54) is 18.2 Å². The first-order chi connectivity index (χ1) is 8.88. The van der Waals surface area contributed by atoms with Crippen molar-refractivity contribution in [2.45, 2.75) is 11.3 Å². The summed E-state index contributed by atoms with van der Waals surface area (Å²) in [5, 5.41) is 0.425. The van der Waals surface area contributed by atoms with Gasteiger partial charge in [-0.3, -0.25) is 0 Å². The molecule has 1 unspecified atom stereocenters. The number of nitrogen functional groups attached to an aromatic ring is 1. The van der Waals surface area contributed by atoms with E-state index in [0.29, 0.717) is 17.5 Å². The predicted octanol–water partition coefficient (Wildman–Crippen LogP) is 1.15. The molecule has 1 aliphatic heterocycles. The Balaban J connectivity index is 2.06. The van der Waals surface area contributed by atoms with Gasteiger partial charge in [0.25, 0.3) is 0 Å². The van der Waals surface area contributed by atoms with E-state index in [9.17, 15) is 8.42 Å². The van der Waals surface area contributed by atoms with Crippen molar-refractivity contribution < 1.29 is 8.42 Å². The molecule has 1 fully saturated rings. The first kappa shape index (κ1) is 14.6. The van der Waals surface area contributed by atoms with Crippen LogP contribution >= 0.6 is 11.6 Å². The lowest BCUT2D eigenvalue weighted by Crippen LogP contribution is -2.31. The van der Waals surface area contributed by atoms with Crippen LogP contribution in [0.5, 0.6) is 0 Å². The minimum absolute atomic E-state index is 0.0863. The van der Waals surface area contributed by atoms with Gasteiger partial charge in [0.15, 0.2) is 0 Å². The van der Waals surface area contributed by atoms with E-state index in [1.807, 2.05) is 7.05 Å². The summed E-state index contributed by atoms with van der Waals surface area (Å²) in [6.45, 7) is 2.36. The third-order valence-electron chi connectivity index (χ3n) is 3.31. The molecule has 1 heterocycles. The van der Waals surface area contributed by atoms with E-state index in [0.717, 1.165) is 19.5 Å². The Morgan fingerprint density at radius 2 is 2.26 bits per heavy atom. The number of halogens is 1. The summed E-state index contributed by atoms with van der Waals surface area (Å²) < 4.78 is 26.9. The molecule has 0 radical (unpaired) electrons. The van der Waals surface area contributed by atoms with Gasteiger partial charge in [0.2, 0.25) is 10.0 Å². The molecule has 2 rings (SSSR count). The van der Waals surface area contributed by atoms with E-state index in [1.54, 1.807) is 0 Å². The Morgan fingerprint density at radius 1 is 1.53 bits per heavy atom. The Kier molecular flexibility index (Phi) is 4.35. The smallest absolute Gasteiger partial charge is 0.242 e. The van der Waals surface area contributed by atoms with Crippen LogP contribution in [0.4, 0.5) is 5.69 Å². The number of nitrogens with two attached hydrogens (primary N) is 1. The van der Waals surface area contributed by atoms with E-state index in [4.69, 9.17) is 17.3 Å². The lowest BCUT2D eigenvalue weighted by Gasteiger charge is -2.13. The standard InChI is InChI=1S/C12H18ClN3O2S/c1-16-5-4-9(8-16)7-15-19(17,18)12-3-2-10(13)6-11(12)14/h2-3,6,9,15H,4-5,7-8,14H2,1H3. The largest absolute Gasteiger partial charge is 0.398 e. The first-order valence-electron chi connectivity index (χ1n) is 6.12. The van der Waals surface area contributed by atoms with Crippen LogP contribution in [-0.4, -0.2) is 40.0 Å². The number of nitrogens with one attached hydrogen (secondary N) is 1. The van der Waals surface area contributed by atoms with Gasteiger partial charge in [0.05, 0.1) is 5.69 Å². The Hall–Kier alpha value is -0.820. The minimum atomic E-state index is -3.56. The zero-order valence-electron chi connectivity index (χ0n) is 10.8. The number of likely N-dealkylation sites (tertiary alicyclic amines) is 1. The maximum absolute atomic E-state index is 12.2. The van der Waals surface area contributed by atoms with Gasteiger partial charge in [0.1, 0.15) is 4.90 Å². The maximum atomic E-state index is 12.2. The summed E-state index contributed by atoms with van der Waals surface area (Å²) in [4.78, 5) is 2.28. The van der Waals surface area contributed by atoms with Gasteiger partial charge in [-0.2, -0.15) is 0 Å². The summed E-state index contributed by atoms with van der Waals surface area (Å²) in [6.07, 6.45) is 1.01. The third kappa shape index (κ3) is 3.60. The highest BCUT2D eigenvalue weighted by molar-refractivity contribution is 7.89. The van der Waals surface area contributed by atoms with Crippen molar-refractivity contribution in [2.24, 2.45) is 5.92 Å². The average Bonchev–Trinajstić information content (AvgIpc) is 2.72. The predicted molar refractivity (Wildman–Crippen MR) is 76.7 cm³/mol. The molecule has 5 nitrogen and oxygen atoms in total. The van der Waals surface area contributed by atoms with Gasteiger partial charge in [-0.25, -0.2) is 13.1 Å². The van der Waals surface area contributed by atoms with E-state index >= 15 is 0 Å². The van der Waals surface area contributed by atoms with Crippen LogP contribution in [0.1, 0.15) is 6.42 Å². The topological polar surface area (TPSA) is 75.4 Å². The van der Waals surface area contributed by atoms with Crippen molar-refractivity contribution in [3.63, 3.8) is 0 Å². The Bertz CT molecular complexity index is 562. The van der Waals surface area contributed by atoms with Crippen LogP contribution in [0.2, 0.25) is 5.02 Å². The lowest BCUT2D eigenvalue weighted by atomic mass is 10.1. The van der Waals surface area contributed by atoms with Gasteiger partial charge >= 0.3 is 0 Å². The van der Waals surface area contributed by atoms with Crippen LogP contribution in [0, 0.1) is 5.92 Å². The zero-order valence-corrected chi connectivity index (χ0v) is 12.3. The lowest BCUT2D eigenvalue weighted by molar-refractivity contribution is 0.394. The molecule has 0 bridgehead atoms. The second kappa shape index (κ2) is 5.66. The molecule has 0 saturated carbocycles. The number of anilines is 1. The molecule has 106 valence electrons. The average molecular weight is 304 g/mol. The fourth-order valence-electron chi connectivity index (χ4n) is 2.26. The number of hydrogen-bond acceptors (Lipinski definition) is 4. The van der Waals surface area contributed by atoms with Crippen molar-refractivity contribution in [3.8, 4) is 0 Å². The van der Waals surface area contributed by atoms with Crippen LogP contribution in [0.15, 0.2) is 23.1 Å². The van der Waals surface area contributed by atoms with Gasteiger partial charge in [-0.15, -0.1) is 0 Å². The Morgan fingerprint density at radius 3 is 2.84 bits per heavy atom. The normalized spacial score (nSPS) is 20.8. The molecule has 3 N–H and O–H groups in total. The quantitative estimate of drug-likeness (QED) is 0.818. The number of nitrogens with zero attached hydrogens (tertiary/aromatic N) is 1. The third-order valence-corrected chi connectivity index (χ3v) is 5.04. The summed E-state index contributed by atoms with van der Waals surface area (Å²) in [6, 6.07) is 4.40. The zero-order chi connectivity index (χ0) is 14.0. The molecule has 1 aliphatic rings. The van der Waals surface area contributed by atoms with Crippen LogP contribution in [-0.2, 0) is 10.0 Å². The van der Waals surface area contributed by atoms with Gasteiger partial charge in [-0.1, -0.05) is 11.6 Å². The number of benzene rings is 1. The van der Waals surface area contributed by atoms with Crippen LogP contribution < -0.4 is 10.5 Å². The number of hydrogen-bond donors (Lipinski definition) is 2. The monoisotopic (exact) mass is 303 g/mol. The molecule has 1 aromatic rings. The van der Waals surface area contributed by atoms with Crippen LogP contribution in [0.3, 0.4) is 0 Å². The number of rotatable bonds is 4. The van der Waals surface area contributed by atoms with Crippen molar-refractivity contribution >= 4 is 27.3 Å². The molecule has 19 heavy (non-hydrogen) atoms. The van der Waals surface area contributed by atoms with E-state index in [2.05, 4.69) is 9.62 Å². The van der Waals surface area contributed by atoms with Crippen LogP contribution in [0.25, 0.3) is 0 Å². The molecule has 0 aliphatic carbocycles. The van der Waals surface area contributed by atoms with Gasteiger partial charge in [-0.05, 0) is 44.1 Å². The highest BCUT2D eigenvalue weighted by Gasteiger charge is 2.23. The maximum Gasteiger partial charge on any atom is 0.242 e. The molecular formula is C12H18ClN3O2S. The highest BCUT2D eigenvalue weighted by Crippen LogP contribution is 2.22. The van der Waals surface area contributed by atoms with Gasteiger partial charge in [0, 0.05) is 18.1 Å².